The number of halogens is 2. The van der Waals surface area contributed by atoms with Crippen molar-refractivity contribution in [3.05, 3.63) is 65.9 Å². The zero-order valence-electron chi connectivity index (χ0n) is 10.7. The Morgan fingerprint density at radius 2 is 1.80 bits per heavy atom. The summed E-state index contributed by atoms with van der Waals surface area (Å²) in [6, 6.07) is 12.1. The van der Waals surface area contributed by atoms with Gasteiger partial charge in [-0.25, -0.2) is 8.78 Å². The summed E-state index contributed by atoms with van der Waals surface area (Å²) in [7, 11) is 0. The smallest absolute Gasteiger partial charge is 0.149 e. The number of nitrogens with zero attached hydrogens (tertiary/aromatic N) is 1. The summed E-state index contributed by atoms with van der Waals surface area (Å²) in [6.07, 6.45) is 1.52. The summed E-state index contributed by atoms with van der Waals surface area (Å²) in [5, 5.41) is 0.337. The number of rotatable bonds is 2. The largest absolute Gasteiger partial charge is 0.256 e. The van der Waals surface area contributed by atoms with Gasteiger partial charge < -0.3 is 0 Å². The minimum Gasteiger partial charge on any atom is -0.256 e. The molecule has 20 heavy (non-hydrogen) atoms. The second kappa shape index (κ2) is 5.21. The molecule has 0 saturated heterocycles. The molecule has 0 N–H and O–H groups in total. The maximum Gasteiger partial charge on any atom is 0.149 e. The predicted molar refractivity (Wildman–Crippen MR) is 77.0 cm³/mol. The van der Waals surface area contributed by atoms with Crippen molar-refractivity contribution in [2.75, 3.05) is 0 Å². The summed E-state index contributed by atoms with van der Waals surface area (Å²) < 4.78 is 28.4. The van der Waals surface area contributed by atoms with E-state index in [9.17, 15) is 8.78 Å². The molecule has 0 bridgehead atoms. The average molecular weight is 287 g/mol. The molecule has 0 fully saturated rings. The van der Waals surface area contributed by atoms with Gasteiger partial charge in [0.25, 0.3) is 0 Å². The lowest BCUT2D eigenvalue weighted by Crippen LogP contribution is -1.92. The van der Waals surface area contributed by atoms with Gasteiger partial charge in [-0.3, -0.25) is 4.98 Å². The standard InChI is InChI=1S/C16H11F2NS/c1-10-4-6-11(7-5-10)20-16-13(17)9-14-12(15(16)18)3-2-8-19-14/h2-9H,1H3. The molecule has 0 atom stereocenters. The van der Waals surface area contributed by atoms with Crippen molar-refractivity contribution in [1.82, 2.24) is 4.98 Å². The number of benzene rings is 2. The van der Waals surface area contributed by atoms with E-state index in [1.165, 1.54) is 12.3 Å². The quantitative estimate of drug-likeness (QED) is 0.660. The van der Waals surface area contributed by atoms with Gasteiger partial charge in [-0.15, -0.1) is 0 Å². The summed E-state index contributed by atoms with van der Waals surface area (Å²) >= 11 is 1.09. The van der Waals surface area contributed by atoms with Crippen LogP contribution in [-0.4, -0.2) is 4.98 Å². The highest BCUT2D eigenvalue weighted by Crippen LogP contribution is 2.35. The molecule has 0 radical (unpaired) electrons. The minimum absolute atomic E-state index is 0.00866. The van der Waals surface area contributed by atoms with Gasteiger partial charge >= 0.3 is 0 Å². The summed E-state index contributed by atoms with van der Waals surface area (Å²) in [6.45, 7) is 1.97. The van der Waals surface area contributed by atoms with E-state index in [0.29, 0.717) is 10.9 Å². The van der Waals surface area contributed by atoms with Crippen LogP contribution in [0.25, 0.3) is 10.9 Å². The van der Waals surface area contributed by atoms with Crippen molar-refractivity contribution >= 4 is 22.7 Å². The van der Waals surface area contributed by atoms with Crippen molar-refractivity contribution in [3.8, 4) is 0 Å². The fraction of sp³-hybridized carbons (Fsp3) is 0.0625. The number of aromatic nitrogens is 1. The molecule has 1 nitrogen and oxygen atoms in total. The first-order chi connectivity index (χ1) is 9.65. The van der Waals surface area contributed by atoms with E-state index in [4.69, 9.17) is 0 Å². The fourth-order valence-electron chi connectivity index (χ4n) is 1.95. The van der Waals surface area contributed by atoms with Crippen LogP contribution in [-0.2, 0) is 0 Å². The normalized spacial score (nSPS) is 10.9. The van der Waals surface area contributed by atoms with Crippen LogP contribution in [0.3, 0.4) is 0 Å². The lowest BCUT2D eigenvalue weighted by Gasteiger charge is -2.08. The number of hydrogen-bond acceptors (Lipinski definition) is 2. The molecule has 1 aromatic heterocycles. The third kappa shape index (κ3) is 2.39. The Bertz CT molecular complexity index is 769. The highest BCUT2D eigenvalue weighted by molar-refractivity contribution is 7.99. The van der Waals surface area contributed by atoms with Crippen LogP contribution in [0.5, 0.6) is 0 Å². The molecule has 4 heteroatoms. The van der Waals surface area contributed by atoms with E-state index in [0.717, 1.165) is 22.2 Å². The van der Waals surface area contributed by atoms with E-state index < -0.39 is 11.6 Å². The molecule has 3 aromatic rings. The lowest BCUT2D eigenvalue weighted by molar-refractivity contribution is 0.549. The third-order valence-corrected chi connectivity index (χ3v) is 4.08. The zero-order chi connectivity index (χ0) is 14.1. The topological polar surface area (TPSA) is 12.9 Å². The Balaban J connectivity index is 2.09. The Labute approximate surface area is 119 Å². The minimum atomic E-state index is -0.584. The molecule has 0 saturated carbocycles. The van der Waals surface area contributed by atoms with E-state index in [1.807, 2.05) is 31.2 Å². The molecule has 3 rings (SSSR count). The van der Waals surface area contributed by atoms with Gasteiger partial charge in [-0.2, -0.15) is 0 Å². The Morgan fingerprint density at radius 1 is 1.05 bits per heavy atom. The summed E-state index contributed by atoms with van der Waals surface area (Å²) in [4.78, 5) is 4.78. The van der Waals surface area contributed by atoms with Gasteiger partial charge in [0.1, 0.15) is 11.6 Å². The molecule has 1 heterocycles. The molecular formula is C16H11F2NS. The first-order valence-corrected chi connectivity index (χ1v) is 6.94. The Morgan fingerprint density at radius 3 is 2.55 bits per heavy atom. The van der Waals surface area contributed by atoms with E-state index in [2.05, 4.69) is 4.98 Å². The van der Waals surface area contributed by atoms with Gasteiger partial charge in [-0.05, 0) is 31.2 Å². The second-order valence-corrected chi connectivity index (χ2v) is 5.57. The number of fused-ring (bicyclic) bond motifs is 1. The van der Waals surface area contributed by atoms with Crippen LogP contribution in [0.4, 0.5) is 8.78 Å². The third-order valence-electron chi connectivity index (χ3n) is 3.00. The molecule has 0 amide bonds. The van der Waals surface area contributed by atoms with E-state index >= 15 is 0 Å². The molecule has 0 spiro atoms. The van der Waals surface area contributed by atoms with Gasteiger partial charge in [0.05, 0.1) is 10.4 Å². The average Bonchev–Trinajstić information content (AvgIpc) is 2.45. The van der Waals surface area contributed by atoms with Crippen LogP contribution in [0, 0.1) is 18.6 Å². The van der Waals surface area contributed by atoms with Crippen LogP contribution < -0.4 is 0 Å². The predicted octanol–water partition coefficient (Wildman–Crippen LogP) is 4.97. The molecule has 2 aromatic carbocycles. The first-order valence-electron chi connectivity index (χ1n) is 6.12. The van der Waals surface area contributed by atoms with Crippen LogP contribution in [0.2, 0.25) is 0 Å². The van der Waals surface area contributed by atoms with Crippen molar-refractivity contribution < 1.29 is 8.78 Å². The first kappa shape index (κ1) is 13.1. The maximum absolute atomic E-state index is 14.4. The Kier molecular flexibility index (Phi) is 3.40. The Hall–Kier alpha value is -1.94. The number of pyridine rings is 1. The molecule has 0 unspecified atom stereocenters. The number of hydrogen-bond donors (Lipinski definition) is 0. The summed E-state index contributed by atoms with van der Waals surface area (Å²) in [5.41, 5.74) is 1.44. The summed E-state index contributed by atoms with van der Waals surface area (Å²) in [5.74, 6) is -1.14. The monoisotopic (exact) mass is 287 g/mol. The van der Waals surface area contributed by atoms with Crippen LogP contribution in [0.1, 0.15) is 5.56 Å². The highest BCUT2D eigenvalue weighted by atomic mass is 32.2. The van der Waals surface area contributed by atoms with Crippen LogP contribution >= 0.6 is 11.8 Å². The van der Waals surface area contributed by atoms with Gasteiger partial charge in [0.15, 0.2) is 0 Å². The number of aryl methyl sites for hydroxylation is 1. The highest BCUT2D eigenvalue weighted by Gasteiger charge is 2.15. The van der Waals surface area contributed by atoms with Gasteiger partial charge in [0.2, 0.25) is 0 Å². The SMILES string of the molecule is Cc1ccc(Sc2c(F)cc3ncccc3c2F)cc1. The molecule has 0 aliphatic heterocycles. The molecule has 0 aliphatic carbocycles. The molecule has 0 aliphatic rings. The van der Waals surface area contributed by atoms with Crippen molar-refractivity contribution in [2.24, 2.45) is 0 Å². The van der Waals surface area contributed by atoms with Crippen molar-refractivity contribution in [2.45, 2.75) is 16.7 Å². The van der Waals surface area contributed by atoms with E-state index in [1.54, 1.807) is 12.1 Å². The molecule has 100 valence electrons. The second-order valence-electron chi connectivity index (χ2n) is 4.49. The zero-order valence-corrected chi connectivity index (χ0v) is 11.5. The maximum atomic E-state index is 14.4. The fourth-order valence-corrected chi connectivity index (χ4v) is 2.81. The molecular weight excluding hydrogens is 276 g/mol. The van der Waals surface area contributed by atoms with Gasteiger partial charge in [0, 0.05) is 22.5 Å². The van der Waals surface area contributed by atoms with Gasteiger partial charge in [-0.1, -0.05) is 29.5 Å². The van der Waals surface area contributed by atoms with Crippen molar-refractivity contribution in [1.29, 1.82) is 0 Å². The van der Waals surface area contributed by atoms with Crippen LogP contribution in [0.15, 0.2) is 58.5 Å². The van der Waals surface area contributed by atoms with E-state index in [-0.39, 0.29) is 4.90 Å². The lowest BCUT2D eigenvalue weighted by atomic mass is 10.2. The van der Waals surface area contributed by atoms with Crippen molar-refractivity contribution in [3.63, 3.8) is 0 Å².